The molecule has 0 amide bonds. The van der Waals surface area contributed by atoms with Crippen molar-refractivity contribution in [3.8, 4) is 6.07 Å². The van der Waals surface area contributed by atoms with Crippen LogP contribution in [0.1, 0.15) is 11.1 Å². The van der Waals surface area contributed by atoms with Crippen molar-refractivity contribution in [2.45, 2.75) is 10.8 Å². The van der Waals surface area contributed by atoms with E-state index < -0.39 is 10.0 Å². The zero-order valence-corrected chi connectivity index (χ0v) is 14.9. The van der Waals surface area contributed by atoms with Gasteiger partial charge in [-0.2, -0.15) is 9.57 Å². The van der Waals surface area contributed by atoms with Gasteiger partial charge in [-0.05, 0) is 39.7 Å². The van der Waals surface area contributed by atoms with Gasteiger partial charge in [0.1, 0.15) is 4.21 Å². The van der Waals surface area contributed by atoms with Gasteiger partial charge in [-0.25, -0.2) is 8.42 Å². The van der Waals surface area contributed by atoms with E-state index in [4.69, 9.17) is 16.9 Å². The SMILES string of the molecule is CN(Cc1ccc(C#N)cc1)S(=O)(=O)c1cc(Cl)c(Br)s1. The quantitative estimate of drug-likeness (QED) is 0.776. The molecule has 2 rings (SSSR count). The fourth-order valence-corrected chi connectivity index (χ4v) is 5.40. The Bertz CT molecular complexity index is 775. The maximum absolute atomic E-state index is 12.4. The third kappa shape index (κ3) is 3.65. The van der Waals surface area contributed by atoms with Gasteiger partial charge in [0, 0.05) is 13.6 Å². The largest absolute Gasteiger partial charge is 0.252 e. The van der Waals surface area contributed by atoms with E-state index in [9.17, 15) is 8.42 Å². The lowest BCUT2D eigenvalue weighted by molar-refractivity contribution is 0.468. The van der Waals surface area contributed by atoms with Crippen LogP contribution in [0.15, 0.2) is 38.3 Å². The van der Waals surface area contributed by atoms with Gasteiger partial charge < -0.3 is 0 Å². The number of sulfonamides is 1. The van der Waals surface area contributed by atoms with Crippen LogP contribution in [0.4, 0.5) is 0 Å². The Morgan fingerprint density at radius 2 is 2.00 bits per heavy atom. The minimum atomic E-state index is -3.58. The van der Waals surface area contributed by atoms with Gasteiger partial charge >= 0.3 is 0 Å². The number of nitrogens with zero attached hydrogens (tertiary/aromatic N) is 2. The Labute approximate surface area is 140 Å². The van der Waals surface area contributed by atoms with Crippen molar-refractivity contribution < 1.29 is 8.42 Å². The predicted octanol–water partition coefficient (Wildman–Crippen LogP) is 3.86. The molecule has 110 valence electrons. The highest BCUT2D eigenvalue weighted by Gasteiger charge is 2.24. The second-order valence-corrected chi connectivity index (χ2v) is 9.31. The lowest BCUT2D eigenvalue weighted by Gasteiger charge is -2.16. The summed E-state index contributed by atoms with van der Waals surface area (Å²) in [6, 6.07) is 10.3. The molecule has 0 unspecified atom stereocenters. The van der Waals surface area contributed by atoms with Crippen molar-refractivity contribution in [2.75, 3.05) is 7.05 Å². The molecule has 1 aromatic heterocycles. The summed E-state index contributed by atoms with van der Waals surface area (Å²) in [5.74, 6) is 0. The molecule has 0 aliphatic heterocycles. The maximum Gasteiger partial charge on any atom is 0.252 e. The lowest BCUT2D eigenvalue weighted by atomic mass is 10.1. The summed E-state index contributed by atoms with van der Waals surface area (Å²) in [6.45, 7) is 0.223. The van der Waals surface area contributed by atoms with Crippen LogP contribution in [0.2, 0.25) is 5.02 Å². The first-order valence-electron chi connectivity index (χ1n) is 5.75. The van der Waals surface area contributed by atoms with Crippen LogP contribution in [0, 0.1) is 11.3 Å². The topological polar surface area (TPSA) is 61.2 Å². The highest BCUT2D eigenvalue weighted by atomic mass is 79.9. The molecule has 4 nitrogen and oxygen atoms in total. The first-order chi connectivity index (χ1) is 9.84. The molecule has 0 spiro atoms. The van der Waals surface area contributed by atoms with Crippen LogP contribution >= 0.6 is 38.9 Å². The van der Waals surface area contributed by atoms with Gasteiger partial charge in [0.2, 0.25) is 0 Å². The number of hydrogen-bond donors (Lipinski definition) is 0. The fraction of sp³-hybridized carbons (Fsp3) is 0.154. The Morgan fingerprint density at radius 1 is 1.38 bits per heavy atom. The molecule has 0 N–H and O–H groups in total. The van der Waals surface area contributed by atoms with E-state index in [0.29, 0.717) is 14.4 Å². The van der Waals surface area contributed by atoms with Crippen molar-refractivity contribution in [1.29, 1.82) is 5.26 Å². The molecular weight excluding hydrogens is 396 g/mol. The summed E-state index contributed by atoms with van der Waals surface area (Å²) in [5.41, 5.74) is 1.35. The minimum absolute atomic E-state index is 0.190. The lowest BCUT2D eigenvalue weighted by Crippen LogP contribution is -2.25. The molecule has 0 bridgehead atoms. The van der Waals surface area contributed by atoms with E-state index in [2.05, 4.69) is 15.9 Å². The standard InChI is InChI=1S/C13H10BrClN2O2S2/c1-17(8-10-4-2-9(7-16)3-5-10)21(18,19)12-6-11(15)13(14)20-12/h2-6H,8H2,1H3. The summed E-state index contributed by atoms with van der Waals surface area (Å²) in [7, 11) is -2.07. The molecule has 8 heteroatoms. The summed E-state index contributed by atoms with van der Waals surface area (Å²) in [6.07, 6.45) is 0. The predicted molar refractivity (Wildman–Crippen MR) is 86.8 cm³/mol. The van der Waals surface area contributed by atoms with E-state index in [0.717, 1.165) is 16.9 Å². The number of nitriles is 1. The second-order valence-electron chi connectivity index (χ2n) is 4.26. The van der Waals surface area contributed by atoms with Crippen LogP contribution in [0.5, 0.6) is 0 Å². The second kappa shape index (κ2) is 6.46. The smallest absolute Gasteiger partial charge is 0.206 e. The highest BCUT2D eigenvalue weighted by molar-refractivity contribution is 9.11. The Morgan fingerprint density at radius 3 is 2.48 bits per heavy atom. The van der Waals surface area contributed by atoms with Gasteiger partial charge in [0.15, 0.2) is 0 Å². The molecule has 0 fully saturated rings. The Kier molecular flexibility index (Phi) is 5.07. The highest BCUT2D eigenvalue weighted by Crippen LogP contribution is 2.35. The number of hydrogen-bond acceptors (Lipinski definition) is 4. The normalized spacial score (nSPS) is 11.6. The van der Waals surface area contributed by atoms with Crippen molar-refractivity contribution in [2.24, 2.45) is 0 Å². The van der Waals surface area contributed by atoms with Gasteiger partial charge in [-0.15, -0.1) is 11.3 Å². The summed E-state index contributed by atoms with van der Waals surface area (Å²) in [5, 5.41) is 9.12. The summed E-state index contributed by atoms with van der Waals surface area (Å²) >= 11 is 10.2. The van der Waals surface area contributed by atoms with Gasteiger partial charge in [-0.1, -0.05) is 23.7 Å². The monoisotopic (exact) mass is 404 g/mol. The van der Waals surface area contributed by atoms with E-state index in [1.165, 1.54) is 17.4 Å². The summed E-state index contributed by atoms with van der Waals surface area (Å²) in [4.78, 5) is 0. The Balaban J connectivity index is 2.22. The molecular formula is C13H10BrClN2O2S2. The van der Waals surface area contributed by atoms with Gasteiger partial charge in [0.25, 0.3) is 10.0 Å². The molecule has 0 atom stereocenters. The van der Waals surface area contributed by atoms with E-state index in [-0.39, 0.29) is 10.8 Å². The van der Waals surface area contributed by atoms with Crippen LogP contribution in [0.25, 0.3) is 0 Å². The Hall–Kier alpha value is -0.910. The van der Waals surface area contributed by atoms with Crippen molar-refractivity contribution >= 4 is 48.9 Å². The van der Waals surface area contributed by atoms with E-state index in [1.807, 2.05) is 6.07 Å². The van der Waals surface area contributed by atoms with Gasteiger partial charge in [0.05, 0.1) is 20.4 Å². The average molecular weight is 406 g/mol. The fourth-order valence-electron chi connectivity index (χ4n) is 1.63. The first kappa shape index (κ1) is 16.5. The molecule has 0 aliphatic carbocycles. The van der Waals surface area contributed by atoms with E-state index in [1.54, 1.807) is 24.3 Å². The molecule has 0 saturated carbocycles. The number of halogens is 2. The third-order valence-electron chi connectivity index (χ3n) is 2.78. The van der Waals surface area contributed by atoms with Crippen molar-refractivity contribution in [1.82, 2.24) is 4.31 Å². The van der Waals surface area contributed by atoms with E-state index >= 15 is 0 Å². The molecule has 2 aromatic rings. The zero-order chi connectivity index (χ0) is 15.6. The molecule has 0 aliphatic rings. The molecule has 0 saturated heterocycles. The maximum atomic E-state index is 12.4. The third-order valence-corrected chi connectivity index (χ3v) is 7.50. The zero-order valence-electron chi connectivity index (χ0n) is 10.9. The van der Waals surface area contributed by atoms with Crippen LogP contribution in [0.3, 0.4) is 0 Å². The molecule has 0 radical (unpaired) electrons. The first-order valence-corrected chi connectivity index (χ1v) is 9.17. The summed E-state index contributed by atoms with van der Waals surface area (Å²) < 4.78 is 26.9. The van der Waals surface area contributed by atoms with Crippen molar-refractivity contribution in [3.05, 3.63) is 50.3 Å². The van der Waals surface area contributed by atoms with Gasteiger partial charge in [-0.3, -0.25) is 0 Å². The minimum Gasteiger partial charge on any atom is -0.206 e. The molecule has 1 aromatic carbocycles. The molecule has 21 heavy (non-hydrogen) atoms. The van der Waals surface area contributed by atoms with Crippen LogP contribution < -0.4 is 0 Å². The average Bonchev–Trinajstić information content (AvgIpc) is 2.80. The van der Waals surface area contributed by atoms with Crippen LogP contribution in [-0.4, -0.2) is 19.8 Å². The van der Waals surface area contributed by atoms with Crippen LogP contribution in [-0.2, 0) is 16.6 Å². The van der Waals surface area contributed by atoms with Crippen molar-refractivity contribution in [3.63, 3.8) is 0 Å². The molecule has 1 heterocycles. The number of rotatable bonds is 4. The number of benzene rings is 1. The number of thiophene rings is 1.